The molecule has 0 unspecified atom stereocenters. The largest absolute Gasteiger partial charge is 0.417 e. The quantitative estimate of drug-likeness (QED) is 0.679. The Labute approximate surface area is 112 Å². The van der Waals surface area contributed by atoms with E-state index in [0.717, 1.165) is 17.8 Å². The number of nitrogens with zero attached hydrogens (tertiary/aromatic N) is 3. The summed E-state index contributed by atoms with van der Waals surface area (Å²) >= 11 is 0. The third-order valence-electron chi connectivity index (χ3n) is 3.07. The minimum Gasteiger partial charge on any atom is -0.266 e. The summed E-state index contributed by atoms with van der Waals surface area (Å²) in [5, 5.41) is 4.27. The predicted octanol–water partition coefficient (Wildman–Crippen LogP) is 3.65. The number of pyridine rings is 1. The monoisotopic (exact) mass is 277 g/mol. The first kappa shape index (κ1) is 12.7. The molecule has 0 aliphatic heterocycles. The minimum absolute atomic E-state index is 0.360. The zero-order chi connectivity index (χ0) is 14.3. The Balaban J connectivity index is 2.23. The lowest BCUT2D eigenvalue weighted by Gasteiger charge is -2.05. The van der Waals surface area contributed by atoms with Crippen LogP contribution in [0.3, 0.4) is 0 Å². The van der Waals surface area contributed by atoms with Gasteiger partial charge in [0.25, 0.3) is 0 Å². The lowest BCUT2D eigenvalue weighted by atomic mass is 10.1. The Morgan fingerprint density at radius 2 is 1.80 bits per heavy atom. The van der Waals surface area contributed by atoms with Gasteiger partial charge in [-0.2, -0.15) is 18.3 Å². The molecule has 0 saturated heterocycles. The van der Waals surface area contributed by atoms with Crippen molar-refractivity contribution in [2.24, 2.45) is 7.05 Å². The molecule has 2 heterocycles. The zero-order valence-corrected chi connectivity index (χ0v) is 10.5. The highest BCUT2D eigenvalue weighted by atomic mass is 19.4. The van der Waals surface area contributed by atoms with E-state index in [0.29, 0.717) is 16.7 Å². The summed E-state index contributed by atoms with van der Waals surface area (Å²) in [6, 6.07) is 10.3. The van der Waals surface area contributed by atoms with Crippen molar-refractivity contribution >= 4 is 11.0 Å². The van der Waals surface area contributed by atoms with Crippen LogP contribution in [-0.4, -0.2) is 14.8 Å². The third kappa shape index (κ3) is 2.03. The summed E-state index contributed by atoms with van der Waals surface area (Å²) in [4.78, 5) is 3.94. The molecule has 0 aliphatic rings. The second-order valence-electron chi connectivity index (χ2n) is 4.43. The highest BCUT2D eigenvalue weighted by Gasteiger charge is 2.31. The number of aromatic nitrogens is 3. The average molecular weight is 277 g/mol. The molecule has 3 rings (SSSR count). The molecule has 0 saturated carbocycles. The molecule has 0 amide bonds. The lowest BCUT2D eigenvalue weighted by Crippen LogP contribution is -2.05. The molecule has 0 atom stereocenters. The van der Waals surface area contributed by atoms with Gasteiger partial charge < -0.3 is 0 Å². The van der Waals surface area contributed by atoms with Crippen molar-refractivity contribution in [3.8, 4) is 11.3 Å². The Morgan fingerprint density at radius 3 is 2.45 bits per heavy atom. The maximum Gasteiger partial charge on any atom is 0.417 e. The van der Waals surface area contributed by atoms with Crippen molar-refractivity contribution < 1.29 is 13.2 Å². The van der Waals surface area contributed by atoms with Crippen LogP contribution in [0, 0.1) is 0 Å². The fourth-order valence-electron chi connectivity index (χ4n) is 2.08. The number of rotatable bonds is 1. The van der Waals surface area contributed by atoms with Crippen LogP contribution in [0.5, 0.6) is 0 Å². The van der Waals surface area contributed by atoms with Crippen LogP contribution in [-0.2, 0) is 13.2 Å². The first-order valence-corrected chi connectivity index (χ1v) is 5.92. The van der Waals surface area contributed by atoms with Gasteiger partial charge in [-0.3, -0.25) is 9.67 Å². The van der Waals surface area contributed by atoms with Crippen LogP contribution < -0.4 is 0 Å². The van der Waals surface area contributed by atoms with E-state index in [1.807, 2.05) is 30.3 Å². The molecule has 0 bridgehead atoms. The summed E-state index contributed by atoms with van der Waals surface area (Å²) in [6.45, 7) is 0. The number of fused-ring (bicyclic) bond motifs is 1. The maximum atomic E-state index is 12.7. The van der Waals surface area contributed by atoms with E-state index in [1.165, 1.54) is 4.68 Å². The van der Waals surface area contributed by atoms with Crippen molar-refractivity contribution in [3.05, 3.63) is 48.2 Å². The highest BCUT2D eigenvalue weighted by molar-refractivity contribution is 5.90. The molecule has 20 heavy (non-hydrogen) atoms. The van der Waals surface area contributed by atoms with E-state index in [2.05, 4.69) is 10.1 Å². The van der Waals surface area contributed by atoms with E-state index in [9.17, 15) is 13.2 Å². The van der Waals surface area contributed by atoms with Gasteiger partial charge in [0.15, 0.2) is 0 Å². The van der Waals surface area contributed by atoms with Gasteiger partial charge in [-0.25, -0.2) is 0 Å². The summed E-state index contributed by atoms with van der Waals surface area (Å²) < 4.78 is 39.5. The number of halogens is 3. The molecule has 2 aromatic heterocycles. The van der Waals surface area contributed by atoms with Crippen LogP contribution in [0.1, 0.15) is 5.56 Å². The molecule has 0 fully saturated rings. The van der Waals surface area contributed by atoms with E-state index in [4.69, 9.17) is 0 Å². The molecule has 6 heteroatoms. The molecular formula is C14H10F3N3. The van der Waals surface area contributed by atoms with E-state index >= 15 is 0 Å². The Kier molecular flexibility index (Phi) is 2.74. The smallest absolute Gasteiger partial charge is 0.266 e. The Bertz CT molecular complexity index is 760. The summed E-state index contributed by atoms with van der Waals surface area (Å²) in [7, 11) is 1.61. The average Bonchev–Trinajstić information content (AvgIpc) is 2.76. The van der Waals surface area contributed by atoms with Gasteiger partial charge in [-0.05, 0) is 6.07 Å². The number of hydrogen-bond donors (Lipinski definition) is 0. The second kappa shape index (κ2) is 4.33. The predicted molar refractivity (Wildman–Crippen MR) is 68.9 cm³/mol. The summed E-state index contributed by atoms with van der Waals surface area (Å²) in [5.41, 5.74) is 1.46. The van der Waals surface area contributed by atoms with Crippen molar-refractivity contribution in [1.29, 1.82) is 0 Å². The molecule has 0 aliphatic carbocycles. The fourth-order valence-corrected chi connectivity index (χ4v) is 2.08. The summed E-state index contributed by atoms with van der Waals surface area (Å²) in [6.07, 6.45) is -3.56. The van der Waals surface area contributed by atoms with Gasteiger partial charge in [0, 0.05) is 18.8 Å². The molecular weight excluding hydrogens is 267 g/mol. The zero-order valence-electron chi connectivity index (χ0n) is 10.5. The van der Waals surface area contributed by atoms with E-state index in [-0.39, 0.29) is 0 Å². The van der Waals surface area contributed by atoms with Crippen LogP contribution in [0.15, 0.2) is 42.6 Å². The van der Waals surface area contributed by atoms with Gasteiger partial charge in [0.2, 0.25) is 0 Å². The van der Waals surface area contributed by atoms with Crippen LogP contribution in [0.4, 0.5) is 13.2 Å². The van der Waals surface area contributed by atoms with Crippen molar-refractivity contribution in [1.82, 2.24) is 14.8 Å². The van der Waals surface area contributed by atoms with E-state index in [1.54, 1.807) is 7.05 Å². The first-order chi connectivity index (χ1) is 9.47. The maximum absolute atomic E-state index is 12.7. The number of hydrogen-bond acceptors (Lipinski definition) is 2. The van der Waals surface area contributed by atoms with Gasteiger partial charge in [-0.1, -0.05) is 30.3 Å². The topological polar surface area (TPSA) is 30.7 Å². The first-order valence-electron chi connectivity index (χ1n) is 5.92. The summed E-state index contributed by atoms with van der Waals surface area (Å²) in [5.74, 6) is 0. The number of aryl methyl sites for hydroxylation is 1. The molecule has 0 N–H and O–H groups in total. The van der Waals surface area contributed by atoms with Crippen LogP contribution in [0.2, 0.25) is 0 Å². The standard InChI is InChI=1S/C14H10F3N3/c1-20-11-7-10(14(15,16)17)8-18-13(11)12(19-20)9-5-3-2-4-6-9/h2-8H,1H3. The number of benzene rings is 1. The van der Waals surface area contributed by atoms with E-state index < -0.39 is 11.7 Å². The molecule has 3 nitrogen and oxygen atoms in total. The van der Waals surface area contributed by atoms with Crippen LogP contribution >= 0.6 is 0 Å². The van der Waals surface area contributed by atoms with Crippen LogP contribution in [0.25, 0.3) is 22.3 Å². The Hall–Kier alpha value is -2.37. The molecule has 0 radical (unpaired) electrons. The Morgan fingerprint density at radius 1 is 1.10 bits per heavy atom. The van der Waals surface area contributed by atoms with Crippen molar-refractivity contribution in [3.63, 3.8) is 0 Å². The minimum atomic E-state index is -4.40. The number of alkyl halides is 3. The lowest BCUT2D eigenvalue weighted by molar-refractivity contribution is -0.137. The highest BCUT2D eigenvalue weighted by Crippen LogP contribution is 2.32. The van der Waals surface area contributed by atoms with Gasteiger partial charge in [-0.15, -0.1) is 0 Å². The van der Waals surface area contributed by atoms with Gasteiger partial charge >= 0.3 is 6.18 Å². The van der Waals surface area contributed by atoms with Gasteiger partial charge in [0.1, 0.15) is 11.2 Å². The molecule has 1 aromatic carbocycles. The van der Waals surface area contributed by atoms with Crippen molar-refractivity contribution in [2.45, 2.75) is 6.18 Å². The molecule has 0 spiro atoms. The molecule has 3 aromatic rings. The fraction of sp³-hybridized carbons (Fsp3) is 0.143. The van der Waals surface area contributed by atoms with Gasteiger partial charge in [0.05, 0.1) is 11.1 Å². The SMILES string of the molecule is Cn1nc(-c2ccccc2)c2ncc(C(F)(F)F)cc21. The molecule has 102 valence electrons. The van der Waals surface area contributed by atoms with Crippen molar-refractivity contribution in [2.75, 3.05) is 0 Å². The normalized spacial score (nSPS) is 12.0. The third-order valence-corrected chi connectivity index (χ3v) is 3.07. The second-order valence-corrected chi connectivity index (χ2v) is 4.43.